The minimum atomic E-state index is 0.252. The molecule has 2 rings (SSSR count). The molecule has 1 aromatic heterocycles. The van der Waals surface area contributed by atoms with Crippen LogP contribution < -0.4 is 0 Å². The Bertz CT molecular complexity index is 427. The predicted octanol–water partition coefficient (Wildman–Crippen LogP) is 2.20. The molecule has 116 valence electrons. The van der Waals surface area contributed by atoms with E-state index in [1.54, 1.807) is 12.4 Å². The van der Waals surface area contributed by atoms with E-state index in [0.717, 1.165) is 38.5 Å². The number of rotatable bonds is 6. The van der Waals surface area contributed by atoms with Crippen molar-refractivity contribution in [2.24, 2.45) is 5.92 Å². The fourth-order valence-corrected chi connectivity index (χ4v) is 2.70. The second kappa shape index (κ2) is 8.13. The molecule has 4 heteroatoms. The number of pyridine rings is 1. The topological polar surface area (TPSA) is 36.4 Å². The largest absolute Gasteiger partial charge is 0.345 e. The van der Waals surface area contributed by atoms with Gasteiger partial charge in [0.1, 0.15) is 0 Å². The Balaban J connectivity index is 1.65. The molecule has 0 unspecified atom stereocenters. The van der Waals surface area contributed by atoms with E-state index in [0.29, 0.717) is 6.42 Å². The van der Waals surface area contributed by atoms with Gasteiger partial charge in [0.25, 0.3) is 0 Å². The zero-order valence-corrected chi connectivity index (χ0v) is 13.3. The van der Waals surface area contributed by atoms with Gasteiger partial charge in [-0.1, -0.05) is 6.92 Å². The molecule has 4 nitrogen and oxygen atoms in total. The molecule has 1 fully saturated rings. The molecule has 0 bridgehead atoms. The fraction of sp³-hybridized carbons (Fsp3) is 0.647. The summed E-state index contributed by atoms with van der Waals surface area (Å²) in [5.74, 6) is 1.10. The molecule has 1 aliphatic heterocycles. The third-order valence-electron chi connectivity index (χ3n) is 4.43. The molecule has 0 aromatic carbocycles. The van der Waals surface area contributed by atoms with Gasteiger partial charge in [-0.25, -0.2) is 0 Å². The highest BCUT2D eigenvalue weighted by atomic mass is 16.2. The van der Waals surface area contributed by atoms with E-state index in [4.69, 9.17) is 0 Å². The maximum atomic E-state index is 12.2. The maximum absolute atomic E-state index is 12.2. The molecule has 1 amide bonds. The van der Waals surface area contributed by atoms with Crippen molar-refractivity contribution < 1.29 is 4.79 Å². The molecule has 2 heterocycles. The first-order chi connectivity index (χ1) is 10.1. The lowest BCUT2D eigenvalue weighted by atomic mass is 9.99. The highest BCUT2D eigenvalue weighted by Gasteiger charge is 2.17. The van der Waals surface area contributed by atoms with Crippen molar-refractivity contribution in [2.45, 2.75) is 32.6 Å². The Kier molecular flexibility index (Phi) is 6.18. The predicted molar refractivity (Wildman–Crippen MR) is 85.0 cm³/mol. The molecule has 1 aromatic rings. The summed E-state index contributed by atoms with van der Waals surface area (Å²) in [4.78, 5) is 20.4. The molecule has 1 aliphatic rings. The van der Waals surface area contributed by atoms with Gasteiger partial charge in [0, 0.05) is 39.0 Å². The van der Waals surface area contributed by atoms with E-state index in [1.807, 2.05) is 24.1 Å². The third-order valence-corrected chi connectivity index (χ3v) is 4.43. The van der Waals surface area contributed by atoms with Crippen LogP contribution in [-0.2, 0) is 11.2 Å². The minimum absolute atomic E-state index is 0.252. The van der Waals surface area contributed by atoms with Crippen molar-refractivity contribution in [2.75, 3.05) is 33.2 Å². The molecule has 1 saturated heterocycles. The van der Waals surface area contributed by atoms with E-state index in [1.165, 1.54) is 18.4 Å². The molecule has 0 radical (unpaired) electrons. The first-order valence-corrected chi connectivity index (χ1v) is 8.00. The first-order valence-electron chi connectivity index (χ1n) is 8.00. The minimum Gasteiger partial charge on any atom is -0.345 e. The quantitative estimate of drug-likeness (QED) is 0.805. The molecule has 0 spiro atoms. The molecular formula is C17H27N3O. The van der Waals surface area contributed by atoms with Crippen LogP contribution in [0.5, 0.6) is 0 Å². The fourth-order valence-electron chi connectivity index (χ4n) is 2.70. The number of piperidine rings is 1. The summed E-state index contributed by atoms with van der Waals surface area (Å²) in [7, 11) is 1.90. The Hall–Kier alpha value is -1.42. The van der Waals surface area contributed by atoms with Crippen LogP contribution in [0.2, 0.25) is 0 Å². The van der Waals surface area contributed by atoms with Gasteiger partial charge >= 0.3 is 0 Å². The van der Waals surface area contributed by atoms with Crippen LogP contribution in [-0.4, -0.2) is 53.9 Å². The second-order valence-corrected chi connectivity index (χ2v) is 6.19. The average molecular weight is 289 g/mol. The van der Waals surface area contributed by atoms with Crippen molar-refractivity contribution in [1.82, 2.24) is 14.8 Å². The average Bonchev–Trinajstić information content (AvgIpc) is 2.52. The number of likely N-dealkylation sites (tertiary alicyclic amines) is 1. The summed E-state index contributed by atoms with van der Waals surface area (Å²) >= 11 is 0. The second-order valence-electron chi connectivity index (χ2n) is 6.19. The van der Waals surface area contributed by atoms with Crippen molar-refractivity contribution in [3.63, 3.8) is 0 Å². The third kappa shape index (κ3) is 5.46. The Labute approximate surface area is 128 Å². The van der Waals surface area contributed by atoms with Crippen LogP contribution >= 0.6 is 0 Å². The lowest BCUT2D eigenvalue weighted by Crippen LogP contribution is -2.37. The van der Waals surface area contributed by atoms with Gasteiger partial charge in [-0.2, -0.15) is 0 Å². The van der Waals surface area contributed by atoms with Crippen LogP contribution in [0.15, 0.2) is 24.5 Å². The van der Waals surface area contributed by atoms with Gasteiger partial charge in [0.05, 0.1) is 0 Å². The number of carbonyl (C=O) groups is 1. The SMILES string of the molecule is CC1CCN(CCC(=O)N(C)CCc2ccncc2)CC1. The summed E-state index contributed by atoms with van der Waals surface area (Å²) in [6.07, 6.45) is 7.67. The van der Waals surface area contributed by atoms with Crippen molar-refractivity contribution in [3.05, 3.63) is 30.1 Å². The summed E-state index contributed by atoms with van der Waals surface area (Å²) in [5, 5.41) is 0. The van der Waals surface area contributed by atoms with Crippen molar-refractivity contribution in [1.29, 1.82) is 0 Å². The Morgan fingerprint density at radius 3 is 2.67 bits per heavy atom. The monoisotopic (exact) mass is 289 g/mol. The van der Waals surface area contributed by atoms with E-state index in [9.17, 15) is 4.79 Å². The number of hydrogen-bond acceptors (Lipinski definition) is 3. The van der Waals surface area contributed by atoms with E-state index in [-0.39, 0.29) is 5.91 Å². The van der Waals surface area contributed by atoms with Gasteiger partial charge in [-0.15, -0.1) is 0 Å². The van der Waals surface area contributed by atoms with Crippen LogP contribution in [0.25, 0.3) is 0 Å². The van der Waals surface area contributed by atoms with Gasteiger partial charge in [-0.3, -0.25) is 9.78 Å². The lowest BCUT2D eigenvalue weighted by Gasteiger charge is -2.30. The van der Waals surface area contributed by atoms with Gasteiger partial charge in [0.15, 0.2) is 0 Å². The number of amides is 1. The van der Waals surface area contributed by atoms with E-state index >= 15 is 0 Å². The molecule has 0 saturated carbocycles. The molecule has 21 heavy (non-hydrogen) atoms. The van der Waals surface area contributed by atoms with Gasteiger partial charge < -0.3 is 9.80 Å². The number of nitrogens with zero attached hydrogens (tertiary/aromatic N) is 3. The standard InChI is InChI=1S/C17H27N3O/c1-15-5-12-20(13-6-15)14-8-17(21)19(2)11-7-16-3-9-18-10-4-16/h3-4,9-10,15H,5-8,11-14H2,1-2H3. The first kappa shape index (κ1) is 16.0. The number of carbonyl (C=O) groups excluding carboxylic acids is 1. The lowest BCUT2D eigenvalue weighted by molar-refractivity contribution is -0.130. The smallest absolute Gasteiger partial charge is 0.223 e. The Morgan fingerprint density at radius 1 is 1.33 bits per heavy atom. The van der Waals surface area contributed by atoms with Crippen molar-refractivity contribution >= 4 is 5.91 Å². The summed E-state index contributed by atoms with van der Waals surface area (Å²) in [6.45, 7) is 6.30. The highest BCUT2D eigenvalue weighted by molar-refractivity contribution is 5.76. The maximum Gasteiger partial charge on any atom is 0.223 e. The molecule has 0 N–H and O–H groups in total. The molecular weight excluding hydrogens is 262 g/mol. The summed E-state index contributed by atoms with van der Waals surface area (Å²) in [5.41, 5.74) is 1.23. The van der Waals surface area contributed by atoms with Crippen LogP contribution in [0, 0.1) is 5.92 Å². The number of aromatic nitrogens is 1. The molecule has 0 aliphatic carbocycles. The number of likely N-dealkylation sites (N-methyl/N-ethyl adjacent to an activating group) is 1. The van der Waals surface area contributed by atoms with Gasteiger partial charge in [-0.05, 0) is 56.0 Å². The number of hydrogen-bond donors (Lipinski definition) is 0. The summed E-state index contributed by atoms with van der Waals surface area (Å²) < 4.78 is 0. The van der Waals surface area contributed by atoms with Crippen LogP contribution in [0.1, 0.15) is 31.7 Å². The Morgan fingerprint density at radius 2 is 2.00 bits per heavy atom. The van der Waals surface area contributed by atoms with Crippen LogP contribution in [0.4, 0.5) is 0 Å². The van der Waals surface area contributed by atoms with E-state index < -0.39 is 0 Å². The van der Waals surface area contributed by atoms with Crippen LogP contribution in [0.3, 0.4) is 0 Å². The zero-order chi connectivity index (χ0) is 15.1. The van der Waals surface area contributed by atoms with Gasteiger partial charge in [0.2, 0.25) is 5.91 Å². The van der Waals surface area contributed by atoms with E-state index in [2.05, 4.69) is 16.8 Å². The van der Waals surface area contributed by atoms with Crippen molar-refractivity contribution in [3.8, 4) is 0 Å². The highest BCUT2D eigenvalue weighted by Crippen LogP contribution is 2.16. The normalized spacial score (nSPS) is 16.9. The zero-order valence-electron chi connectivity index (χ0n) is 13.3. The molecule has 0 atom stereocenters. The summed E-state index contributed by atoms with van der Waals surface area (Å²) in [6, 6.07) is 4.01.